The lowest BCUT2D eigenvalue weighted by Crippen LogP contribution is -2.21. The van der Waals surface area contributed by atoms with Crippen LogP contribution in [0.5, 0.6) is 11.5 Å². The predicted octanol–water partition coefficient (Wildman–Crippen LogP) is 10.5. The van der Waals surface area contributed by atoms with Crippen molar-refractivity contribution in [2.45, 2.75) is 119 Å². The Morgan fingerprint density at radius 2 is 0.833 bits per heavy atom. The van der Waals surface area contributed by atoms with Gasteiger partial charge in [-0.05, 0) is 41.0 Å². The second-order valence-electron chi connectivity index (χ2n) is 14.0. The van der Waals surface area contributed by atoms with Gasteiger partial charge in [0.1, 0.15) is 11.5 Å². The van der Waals surface area contributed by atoms with Crippen molar-refractivity contribution in [3.05, 3.63) is 68.1 Å². The molecule has 0 aliphatic rings. The zero-order valence-corrected chi connectivity index (χ0v) is 25.8. The molecule has 0 radical (unpaired) electrons. The fraction of sp³-hybridized carbons (Fsp3) is 0.600. The zero-order valence-electron chi connectivity index (χ0n) is 24.9. The third-order valence-electron chi connectivity index (χ3n) is 6.15. The van der Waals surface area contributed by atoms with Gasteiger partial charge in [-0.25, -0.2) is 0 Å². The van der Waals surface area contributed by atoms with E-state index in [2.05, 4.69) is 131 Å². The van der Waals surface area contributed by atoms with Crippen molar-refractivity contribution in [2.75, 3.05) is 0 Å². The first kappa shape index (κ1) is 30.0. The van der Waals surface area contributed by atoms with E-state index in [1.807, 2.05) is 0 Å². The summed E-state index contributed by atoms with van der Waals surface area (Å²) in [5, 5.41) is 0. The first-order chi connectivity index (χ1) is 16.2. The average Bonchev–Trinajstić information content (AvgIpc) is 2.66. The molecule has 0 heterocycles. The van der Waals surface area contributed by atoms with Gasteiger partial charge in [-0.1, -0.05) is 118 Å². The maximum atomic E-state index is 9.51. The summed E-state index contributed by atoms with van der Waals surface area (Å²) in [7, 11) is -1.98. The van der Waals surface area contributed by atoms with Crippen molar-refractivity contribution in [3.63, 3.8) is 0 Å². The van der Waals surface area contributed by atoms with E-state index >= 15 is 0 Å². The number of aryl methyl sites for hydroxylation is 2. The molecule has 36 heavy (non-hydrogen) atoms. The molecule has 0 spiro atoms. The smallest absolute Gasteiger partial charge is 0.386 e. The van der Waals surface area contributed by atoms with Gasteiger partial charge in [-0.3, -0.25) is 0 Å². The topological polar surface area (TPSA) is 67.2 Å². The quantitative estimate of drug-likeness (QED) is 0.173. The summed E-state index contributed by atoms with van der Waals surface area (Å²) in [5.41, 5.74) is 15.5. The molecule has 198 valence electrons. The van der Waals surface area contributed by atoms with E-state index in [4.69, 9.17) is 9.05 Å². The molecule has 6 heteroatoms. The Bertz CT molecular complexity index is 999. The van der Waals surface area contributed by atoms with Gasteiger partial charge >= 0.3 is 8.53 Å². The molecule has 0 bridgehead atoms. The minimum Gasteiger partial charge on any atom is -0.434 e. The van der Waals surface area contributed by atoms with Gasteiger partial charge in [-0.15, -0.1) is 0 Å². The lowest BCUT2D eigenvalue weighted by Gasteiger charge is -2.33. The van der Waals surface area contributed by atoms with E-state index in [1.54, 1.807) is 0 Å². The molecule has 0 atom stereocenters. The Kier molecular flexibility index (Phi) is 8.56. The normalized spacial score (nSPS) is 13.0. The first-order valence-corrected chi connectivity index (χ1v) is 13.8. The molecular weight excluding hydrogens is 465 g/mol. The Morgan fingerprint density at radius 3 is 1.03 bits per heavy atom. The maximum Gasteiger partial charge on any atom is 0.386 e. The third-order valence-corrected chi connectivity index (χ3v) is 7.05. The van der Waals surface area contributed by atoms with Crippen LogP contribution in [0.3, 0.4) is 0 Å². The van der Waals surface area contributed by atoms with Gasteiger partial charge in [0.25, 0.3) is 0 Å². The van der Waals surface area contributed by atoms with Crippen LogP contribution in [0, 0.1) is 13.8 Å². The number of rotatable bonds is 5. The lowest BCUT2D eigenvalue weighted by molar-refractivity contribution is 0.436. The number of nitrogens with zero attached hydrogens (tertiary/aromatic N) is 3. The molecule has 0 unspecified atom stereocenters. The van der Waals surface area contributed by atoms with E-state index < -0.39 is 8.53 Å². The molecule has 0 amide bonds. The number of benzene rings is 2. The van der Waals surface area contributed by atoms with Gasteiger partial charge in [0, 0.05) is 32.1 Å². The average molecular weight is 512 g/mol. The highest BCUT2D eigenvalue weighted by atomic mass is 31.2. The van der Waals surface area contributed by atoms with Gasteiger partial charge in [0.05, 0.1) is 0 Å². The van der Waals surface area contributed by atoms with Crippen LogP contribution in [0.15, 0.2) is 29.2 Å². The summed E-state index contributed by atoms with van der Waals surface area (Å²) in [6, 6.07) is 8.67. The molecule has 2 aromatic rings. The summed E-state index contributed by atoms with van der Waals surface area (Å²) < 4.78 is 13.2. The van der Waals surface area contributed by atoms with E-state index in [-0.39, 0.29) is 21.7 Å². The van der Waals surface area contributed by atoms with Crippen LogP contribution in [-0.2, 0) is 21.7 Å². The van der Waals surface area contributed by atoms with Crippen LogP contribution < -0.4 is 9.05 Å². The number of azide groups is 1. The molecule has 0 saturated heterocycles. The maximum absolute atomic E-state index is 9.51. The van der Waals surface area contributed by atoms with Crippen LogP contribution in [0.4, 0.5) is 0 Å². The number of hydrogen-bond acceptors (Lipinski definition) is 3. The molecule has 0 fully saturated rings. The second kappa shape index (κ2) is 10.3. The molecule has 0 aromatic heterocycles. The Hall–Kier alpha value is -2.22. The summed E-state index contributed by atoms with van der Waals surface area (Å²) in [5.74, 6) is 1.50. The van der Waals surface area contributed by atoms with Crippen LogP contribution in [-0.4, -0.2) is 0 Å². The molecule has 0 aliphatic heterocycles. The van der Waals surface area contributed by atoms with Gasteiger partial charge in [0.2, 0.25) is 0 Å². The van der Waals surface area contributed by atoms with Crippen molar-refractivity contribution >= 4 is 8.53 Å². The van der Waals surface area contributed by atoms with Crippen LogP contribution >= 0.6 is 8.53 Å². The van der Waals surface area contributed by atoms with Crippen molar-refractivity contribution in [1.29, 1.82) is 0 Å². The minimum atomic E-state index is -1.98. The van der Waals surface area contributed by atoms with Crippen LogP contribution in [0.1, 0.15) is 116 Å². The van der Waals surface area contributed by atoms with E-state index in [1.165, 1.54) is 11.1 Å². The minimum absolute atomic E-state index is 0.171. The highest BCUT2D eigenvalue weighted by Crippen LogP contribution is 2.52. The highest BCUT2D eigenvalue weighted by molar-refractivity contribution is 7.46. The fourth-order valence-electron chi connectivity index (χ4n) is 4.22. The van der Waals surface area contributed by atoms with Crippen molar-refractivity contribution < 1.29 is 9.05 Å². The van der Waals surface area contributed by atoms with Crippen molar-refractivity contribution in [2.24, 2.45) is 4.88 Å². The fourth-order valence-corrected chi connectivity index (χ4v) is 5.10. The molecule has 0 N–H and O–H groups in total. The van der Waals surface area contributed by atoms with E-state index in [0.29, 0.717) is 0 Å². The summed E-state index contributed by atoms with van der Waals surface area (Å²) in [4.78, 5) is 7.19. The molecule has 5 nitrogen and oxygen atoms in total. The van der Waals surface area contributed by atoms with Crippen LogP contribution in [0.2, 0.25) is 0 Å². The monoisotopic (exact) mass is 511 g/mol. The largest absolute Gasteiger partial charge is 0.434 e. The van der Waals surface area contributed by atoms with Crippen molar-refractivity contribution in [1.82, 2.24) is 0 Å². The standard InChI is InChI=1S/C30H46N3O2P/c1-19-15-21(27(3,4)5)25(22(16-19)28(6,7)8)34-36(33-32-31)35-26-23(29(9,10)11)17-20(2)18-24(26)30(12,13)14/h15-18H,1-14H3. The first-order valence-electron chi connectivity index (χ1n) is 12.7. The molecular formula is C30H46N3O2P. The molecule has 0 aliphatic carbocycles. The van der Waals surface area contributed by atoms with Crippen LogP contribution in [0.25, 0.3) is 10.4 Å². The summed E-state index contributed by atoms with van der Waals surface area (Å²) in [6.07, 6.45) is 0. The van der Waals surface area contributed by atoms with Gasteiger partial charge in [0.15, 0.2) is 0 Å². The van der Waals surface area contributed by atoms with Gasteiger partial charge < -0.3 is 9.05 Å². The van der Waals surface area contributed by atoms with Gasteiger partial charge in [-0.2, -0.15) is 0 Å². The lowest BCUT2D eigenvalue weighted by atomic mass is 9.78. The second-order valence-corrected chi connectivity index (χ2v) is 15.0. The van der Waals surface area contributed by atoms with E-state index in [0.717, 1.165) is 33.8 Å². The zero-order chi connectivity index (χ0) is 27.9. The molecule has 2 rings (SSSR count). The summed E-state index contributed by atoms with van der Waals surface area (Å²) >= 11 is 0. The third kappa shape index (κ3) is 7.17. The van der Waals surface area contributed by atoms with Crippen molar-refractivity contribution in [3.8, 4) is 11.5 Å². The number of hydrogen-bond donors (Lipinski definition) is 0. The molecule has 0 saturated carbocycles. The predicted molar refractivity (Wildman–Crippen MR) is 154 cm³/mol. The SMILES string of the molecule is Cc1cc(C(C)(C)C)c(OP(N=[N+]=[N-])Oc2c(C(C)(C)C)cc(C)cc2C(C)(C)C)c(C(C)(C)C)c1. The summed E-state index contributed by atoms with van der Waals surface area (Å²) in [6.45, 7) is 30.3. The highest BCUT2D eigenvalue weighted by Gasteiger charge is 2.33. The Labute approximate surface area is 220 Å². The molecule has 2 aromatic carbocycles. The Morgan fingerprint density at radius 1 is 0.583 bits per heavy atom. The van der Waals surface area contributed by atoms with E-state index in [9.17, 15) is 5.53 Å². The Balaban J connectivity index is 2.79.